The van der Waals surface area contributed by atoms with Crippen molar-refractivity contribution in [2.75, 3.05) is 13.6 Å². The molecule has 0 aromatic rings. The Labute approximate surface area is 109 Å². The van der Waals surface area contributed by atoms with Crippen LogP contribution in [0.3, 0.4) is 0 Å². The van der Waals surface area contributed by atoms with Crippen LogP contribution in [-0.4, -0.2) is 42.4 Å². The van der Waals surface area contributed by atoms with E-state index in [2.05, 4.69) is 5.32 Å². The molecule has 1 aliphatic rings. The van der Waals surface area contributed by atoms with Crippen LogP contribution < -0.4 is 11.1 Å². The van der Waals surface area contributed by atoms with E-state index in [1.807, 2.05) is 13.8 Å². The van der Waals surface area contributed by atoms with Gasteiger partial charge < -0.3 is 16.0 Å². The van der Waals surface area contributed by atoms with Gasteiger partial charge in [-0.3, -0.25) is 9.59 Å². The molecule has 1 heterocycles. The normalized spacial score (nSPS) is 23.0. The number of carbonyl (C=O) groups excluding carboxylic acids is 2. The maximum absolute atomic E-state index is 11.9. The fraction of sp³-hybridized carbons (Fsp3) is 0.846. The Morgan fingerprint density at radius 1 is 1.50 bits per heavy atom. The second kappa shape index (κ2) is 6.73. The van der Waals surface area contributed by atoms with Gasteiger partial charge in [0.15, 0.2) is 0 Å². The first-order valence-corrected chi connectivity index (χ1v) is 6.72. The molecule has 0 saturated carbocycles. The third kappa shape index (κ3) is 4.29. The van der Waals surface area contributed by atoms with Gasteiger partial charge in [0.05, 0.1) is 0 Å². The number of hydrogen-bond donors (Lipinski definition) is 2. The van der Waals surface area contributed by atoms with Gasteiger partial charge in [0.2, 0.25) is 11.8 Å². The van der Waals surface area contributed by atoms with Crippen molar-refractivity contribution >= 4 is 11.8 Å². The molecule has 0 aromatic carbocycles. The van der Waals surface area contributed by atoms with Gasteiger partial charge in [-0.1, -0.05) is 13.3 Å². The monoisotopic (exact) mass is 255 g/mol. The number of nitrogens with zero attached hydrogens (tertiary/aromatic N) is 1. The zero-order valence-electron chi connectivity index (χ0n) is 11.6. The van der Waals surface area contributed by atoms with Gasteiger partial charge in [-0.05, 0) is 26.2 Å². The molecule has 18 heavy (non-hydrogen) atoms. The summed E-state index contributed by atoms with van der Waals surface area (Å²) in [5, 5.41) is 2.84. The fourth-order valence-corrected chi connectivity index (χ4v) is 2.15. The molecular weight excluding hydrogens is 230 g/mol. The minimum Gasteiger partial charge on any atom is -0.344 e. The molecular formula is C13H25N3O2. The molecule has 1 fully saturated rings. The van der Waals surface area contributed by atoms with Gasteiger partial charge in [0, 0.05) is 25.6 Å². The van der Waals surface area contributed by atoms with E-state index in [0.717, 1.165) is 25.8 Å². The Balaban J connectivity index is 2.29. The summed E-state index contributed by atoms with van der Waals surface area (Å²) in [7, 11) is 1.76. The minimum absolute atomic E-state index is 0.0196. The third-order valence-corrected chi connectivity index (χ3v) is 3.49. The quantitative estimate of drug-likeness (QED) is 0.725. The van der Waals surface area contributed by atoms with E-state index in [9.17, 15) is 9.59 Å². The van der Waals surface area contributed by atoms with Crippen LogP contribution in [-0.2, 0) is 9.59 Å². The van der Waals surface area contributed by atoms with Crippen molar-refractivity contribution in [3.63, 3.8) is 0 Å². The average molecular weight is 255 g/mol. The van der Waals surface area contributed by atoms with Gasteiger partial charge in [0.25, 0.3) is 0 Å². The lowest BCUT2D eigenvalue weighted by atomic mass is 10.0. The van der Waals surface area contributed by atoms with Gasteiger partial charge in [-0.15, -0.1) is 0 Å². The number of nitrogens with two attached hydrogens (primary N) is 1. The predicted molar refractivity (Wildman–Crippen MR) is 70.8 cm³/mol. The summed E-state index contributed by atoms with van der Waals surface area (Å²) in [6, 6.07) is -0.135. The highest BCUT2D eigenvalue weighted by atomic mass is 16.2. The van der Waals surface area contributed by atoms with E-state index in [1.54, 1.807) is 11.9 Å². The summed E-state index contributed by atoms with van der Waals surface area (Å²) >= 11 is 0. The zero-order chi connectivity index (χ0) is 13.7. The van der Waals surface area contributed by atoms with E-state index in [1.165, 1.54) is 0 Å². The molecule has 0 bridgehead atoms. The number of amides is 2. The molecule has 0 radical (unpaired) electrons. The molecule has 5 nitrogen and oxygen atoms in total. The maximum atomic E-state index is 11.9. The summed E-state index contributed by atoms with van der Waals surface area (Å²) in [6.07, 6.45) is 3.42. The number of nitrogens with one attached hydrogen (secondary N) is 1. The molecule has 0 aliphatic carbocycles. The van der Waals surface area contributed by atoms with Crippen LogP contribution in [0.15, 0.2) is 0 Å². The molecule has 3 atom stereocenters. The SMILES string of the molecule is CC(N)CCCC(C)C(=O)NC1CCN(C)C1=O. The Kier molecular flexibility index (Phi) is 5.59. The van der Waals surface area contributed by atoms with E-state index < -0.39 is 0 Å². The summed E-state index contributed by atoms with van der Waals surface area (Å²) in [6.45, 7) is 4.60. The van der Waals surface area contributed by atoms with Crippen LogP contribution >= 0.6 is 0 Å². The highest BCUT2D eigenvalue weighted by Gasteiger charge is 2.31. The molecule has 1 aliphatic heterocycles. The van der Waals surface area contributed by atoms with Crippen LogP contribution in [0.25, 0.3) is 0 Å². The topological polar surface area (TPSA) is 75.4 Å². The molecule has 0 spiro atoms. The lowest BCUT2D eigenvalue weighted by molar-refractivity contribution is -0.133. The van der Waals surface area contributed by atoms with Crippen molar-refractivity contribution < 1.29 is 9.59 Å². The molecule has 5 heteroatoms. The van der Waals surface area contributed by atoms with Crippen LogP contribution in [0.5, 0.6) is 0 Å². The van der Waals surface area contributed by atoms with Crippen molar-refractivity contribution in [3.8, 4) is 0 Å². The van der Waals surface area contributed by atoms with Crippen molar-refractivity contribution in [2.45, 2.75) is 51.6 Å². The van der Waals surface area contributed by atoms with Gasteiger partial charge >= 0.3 is 0 Å². The first-order valence-electron chi connectivity index (χ1n) is 6.72. The van der Waals surface area contributed by atoms with Crippen molar-refractivity contribution in [1.82, 2.24) is 10.2 Å². The number of carbonyl (C=O) groups is 2. The second-order valence-electron chi connectivity index (χ2n) is 5.42. The van der Waals surface area contributed by atoms with E-state index in [-0.39, 0.29) is 29.8 Å². The maximum Gasteiger partial charge on any atom is 0.244 e. The molecule has 0 aromatic heterocycles. The number of likely N-dealkylation sites (tertiary alicyclic amines) is 1. The number of hydrogen-bond acceptors (Lipinski definition) is 3. The van der Waals surface area contributed by atoms with E-state index in [4.69, 9.17) is 5.73 Å². The van der Waals surface area contributed by atoms with Crippen LogP contribution in [0.4, 0.5) is 0 Å². The van der Waals surface area contributed by atoms with Crippen LogP contribution in [0.1, 0.15) is 39.5 Å². The van der Waals surface area contributed by atoms with Gasteiger partial charge in [-0.2, -0.15) is 0 Å². The molecule has 104 valence electrons. The van der Waals surface area contributed by atoms with E-state index in [0.29, 0.717) is 6.42 Å². The highest BCUT2D eigenvalue weighted by Crippen LogP contribution is 2.12. The molecule has 3 unspecified atom stereocenters. The fourth-order valence-electron chi connectivity index (χ4n) is 2.15. The molecule has 1 rings (SSSR count). The number of rotatable bonds is 6. The minimum atomic E-state index is -0.321. The Hall–Kier alpha value is -1.10. The predicted octanol–water partition coefficient (Wildman–Crippen LogP) is 0.487. The standard InChI is InChI=1S/C13H25N3O2/c1-9(5-4-6-10(2)14)12(17)15-11-7-8-16(3)13(11)18/h9-11H,4-8,14H2,1-3H3,(H,15,17). The van der Waals surface area contributed by atoms with Crippen LogP contribution in [0.2, 0.25) is 0 Å². The Morgan fingerprint density at radius 3 is 2.67 bits per heavy atom. The van der Waals surface area contributed by atoms with E-state index >= 15 is 0 Å². The third-order valence-electron chi connectivity index (χ3n) is 3.49. The summed E-state index contributed by atoms with van der Waals surface area (Å²) in [4.78, 5) is 25.2. The Bertz CT molecular complexity index is 305. The smallest absolute Gasteiger partial charge is 0.244 e. The molecule has 3 N–H and O–H groups in total. The zero-order valence-corrected chi connectivity index (χ0v) is 11.6. The average Bonchev–Trinajstić information content (AvgIpc) is 2.60. The van der Waals surface area contributed by atoms with Crippen molar-refractivity contribution in [3.05, 3.63) is 0 Å². The second-order valence-corrected chi connectivity index (χ2v) is 5.42. The largest absolute Gasteiger partial charge is 0.344 e. The summed E-state index contributed by atoms with van der Waals surface area (Å²) in [5.74, 6) is -0.0538. The molecule has 1 saturated heterocycles. The first-order chi connectivity index (χ1) is 8.41. The highest BCUT2D eigenvalue weighted by molar-refractivity contribution is 5.89. The van der Waals surface area contributed by atoms with Gasteiger partial charge in [0.1, 0.15) is 6.04 Å². The lowest BCUT2D eigenvalue weighted by Crippen LogP contribution is -2.42. The number of likely N-dealkylation sites (N-methyl/N-ethyl adjacent to an activating group) is 1. The Morgan fingerprint density at radius 2 is 2.17 bits per heavy atom. The van der Waals surface area contributed by atoms with Crippen molar-refractivity contribution in [1.29, 1.82) is 0 Å². The lowest BCUT2D eigenvalue weighted by Gasteiger charge is -2.16. The summed E-state index contributed by atoms with van der Waals surface area (Å²) in [5.41, 5.74) is 5.67. The first kappa shape index (κ1) is 15.0. The van der Waals surface area contributed by atoms with Gasteiger partial charge in [-0.25, -0.2) is 0 Å². The van der Waals surface area contributed by atoms with Crippen LogP contribution in [0, 0.1) is 5.92 Å². The summed E-state index contributed by atoms with van der Waals surface area (Å²) < 4.78 is 0. The van der Waals surface area contributed by atoms with Crippen molar-refractivity contribution in [2.24, 2.45) is 11.7 Å². The molecule has 2 amide bonds.